The Bertz CT molecular complexity index is 912. The van der Waals surface area contributed by atoms with Gasteiger partial charge in [0.15, 0.2) is 0 Å². The van der Waals surface area contributed by atoms with E-state index in [2.05, 4.69) is 15.5 Å². The molecular formula is C20H20ClN3O2S. The van der Waals surface area contributed by atoms with Gasteiger partial charge in [0.05, 0.1) is 11.8 Å². The Hall–Kier alpha value is -2.31. The third kappa shape index (κ3) is 5.34. The Labute approximate surface area is 167 Å². The second-order valence-electron chi connectivity index (χ2n) is 6.07. The fourth-order valence-corrected chi connectivity index (χ4v) is 3.61. The first-order chi connectivity index (χ1) is 13.0. The zero-order valence-corrected chi connectivity index (χ0v) is 16.7. The summed E-state index contributed by atoms with van der Waals surface area (Å²) in [7, 11) is 0. The molecule has 3 aromatic rings. The quantitative estimate of drug-likeness (QED) is 0.571. The van der Waals surface area contributed by atoms with Crippen LogP contribution >= 0.6 is 23.4 Å². The Morgan fingerprint density at radius 2 is 2.04 bits per heavy atom. The molecule has 1 amide bonds. The predicted molar refractivity (Wildman–Crippen MR) is 108 cm³/mol. The molecule has 7 heteroatoms. The van der Waals surface area contributed by atoms with Gasteiger partial charge in [-0.3, -0.25) is 4.79 Å². The molecule has 140 valence electrons. The van der Waals surface area contributed by atoms with Gasteiger partial charge in [-0.2, -0.15) is 4.98 Å². The van der Waals surface area contributed by atoms with E-state index in [4.69, 9.17) is 16.1 Å². The fraction of sp³-hybridized carbons (Fsp3) is 0.250. The standard InChI is InChI=1S/C20H20ClN3O2S/c1-3-17(27-16-9-7-15(21)8-10-16)20(25)22-12-18-23-19(24-26-18)14-6-4-5-13(2)11-14/h4-11,17H,3,12H2,1-2H3,(H,22,25). The summed E-state index contributed by atoms with van der Waals surface area (Å²) in [5, 5.41) is 7.34. The van der Waals surface area contributed by atoms with E-state index in [9.17, 15) is 4.79 Å². The summed E-state index contributed by atoms with van der Waals surface area (Å²) in [5.41, 5.74) is 2.01. The summed E-state index contributed by atoms with van der Waals surface area (Å²) in [6, 6.07) is 15.3. The molecule has 0 aliphatic carbocycles. The molecule has 0 saturated carbocycles. The summed E-state index contributed by atoms with van der Waals surface area (Å²) in [5.74, 6) is 0.837. The summed E-state index contributed by atoms with van der Waals surface area (Å²) in [6.45, 7) is 4.19. The van der Waals surface area contributed by atoms with E-state index in [0.717, 1.165) is 16.0 Å². The van der Waals surface area contributed by atoms with Crippen LogP contribution in [0.2, 0.25) is 5.02 Å². The number of hydrogen-bond acceptors (Lipinski definition) is 5. The van der Waals surface area contributed by atoms with Crippen molar-refractivity contribution in [2.24, 2.45) is 0 Å². The summed E-state index contributed by atoms with van der Waals surface area (Å²) in [4.78, 5) is 17.9. The Morgan fingerprint density at radius 3 is 2.74 bits per heavy atom. The third-order valence-corrected chi connectivity index (χ3v) is 5.54. The maximum absolute atomic E-state index is 12.5. The number of benzene rings is 2. The Kier molecular flexibility index (Phi) is 6.53. The first kappa shape index (κ1) is 19.5. The van der Waals surface area contributed by atoms with Crippen molar-refractivity contribution in [2.45, 2.75) is 37.0 Å². The lowest BCUT2D eigenvalue weighted by Gasteiger charge is -2.13. The average molecular weight is 402 g/mol. The molecule has 1 aromatic heterocycles. The summed E-state index contributed by atoms with van der Waals surface area (Å²) in [6.07, 6.45) is 0.706. The molecule has 0 aliphatic heterocycles. The van der Waals surface area contributed by atoms with Gasteiger partial charge in [0.2, 0.25) is 17.6 Å². The average Bonchev–Trinajstić information content (AvgIpc) is 3.15. The maximum Gasteiger partial charge on any atom is 0.246 e. The van der Waals surface area contributed by atoms with E-state index in [1.54, 1.807) is 0 Å². The molecule has 1 heterocycles. The van der Waals surface area contributed by atoms with E-state index < -0.39 is 0 Å². The van der Waals surface area contributed by atoms with Gasteiger partial charge in [-0.1, -0.05) is 47.4 Å². The van der Waals surface area contributed by atoms with Crippen LogP contribution in [-0.4, -0.2) is 21.3 Å². The zero-order valence-electron chi connectivity index (χ0n) is 15.1. The molecule has 3 rings (SSSR count). The molecule has 0 spiro atoms. The lowest BCUT2D eigenvalue weighted by molar-refractivity contribution is -0.120. The van der Waals surface area contributed by atoms with Crippen molar-refractivity contribution in [1.82, 2.24) is 15.5 Å². The van der Waals surface area contributed by atoms with Crippen molar-refractivity contribution < 1.29 is 9.32 Å². The smallest absolute Gasteiger partial charge is 0.246 e. The minimum atomic E-state index is -0.203. The predicted octanol–water partition coefficient (Wildman–Crippen LogP) is 4.89. The van der Waals surface area contributed by atoms with E-state index in [-0.39, 0.29) is 17.7 Å². The largest absolute Gasteiger partial charge is 0.346 e. The lowest BCUT2D eigenvalue weighted by atomic mass is 10.1. The molecule has 5 nitrogen and oxygen atoms in total. The number of halogens is 1. The normalized spacial score (nSPS) is 12.0. The minimum absolute atomic E-state index is 0.0623. The first-order valence-electron chi connectivity index (χ1n) is 8.64. The number of thioether (sulfide) groups is 1. The van der Waals surface area contributed by atoms with Gasteiger partial charge in [-0.15, -0.1) is 11.8 Å². The van der Waals surface area contributed by atoms with Crippen molar-refractivity contribution >= 4 is 29.3 Å². The zero-order chi connectivity index (χ0) is 19.2. The fourth-order valence-electron chi connectivity index (χ4n) is 2.50. The highest BCUT2D eigenvalue weighted by molar-refractivity contribution is 8.00. The molecule has 0 radical (unpaired) electrons. The van der Waals surface area contributed by atoms with E-state index >= 15 is 0 Å². The molecule has 27 heavy (non-hydrogen) atoms. The maximum atomic E-state index is 12.5. The van der Waals surface area contributed by atoms with Gasteiger partial charge in [0.1, 0.15) is 0 Å². The van der Waals surface area contributed by atoms with Crippen molar-refractivity contribution in [2.75, 3.05) is 0 Å². The number of amides is 1. The van der Waals surface area contributed by atoms with Crippen LogP contribution in [0.3, 0.4) is 0 Å². The first-order valence-corrected chi connectivity index (χ1v) is 9.90. The van der Waals surface area contributed by atoms with E-state index in [0.29, 0.717) is 23.2 Å². The number of nitrogens with zero attached hydrogens (tertiary/aromatic N) is 2. The molecule has 1 N–H and O–H groups in total. The molecular weight excluding hydrogens is 382 g/mol. The number of hydrogen-bond donors (Lipinski definition) is 1. The van der Waals surface area contributed by atoms with Gasteiger partial charge >= 0.3 is 0 Å². The number of aromatic nitrogens is 2. The summed E-state index contributed by atoms with van der Waals surface area (Å²) < 4.78 is 5.26. The van der Waals surface area contributed by atoms with Crippen LogP contribution in [0.15, 0.2) is 57.9 Å². The van der Waals surface area contributed by atoms with E-state index in [1.165, 1.54) is 11.8 Å². The second-order valence-corrected chi connectivity index (χ2v) is 7.78. The number of carbonyl (C=O) groups excluding carboxylic acids is 1. The second kappa shape index (κ2) is 9.06. The number of aryl methyl sites for hydroxylation is 1. The van der Waals surface area contributed by atoms with Crippen LogP contribution in [-0.2, 0) is 11.3 Å². The molecule has 0 bridgehead atoms. The molecule has 0 saturated heterocycles. The van der Waals surface area contributed by atoms with Gasteiger partial charge in [-0.05, 0) is 43.7 Å². The third-order valence-electron chi connectivity index (χ3n) is 3.91. The van der Waals surface area contributed by atoms with Crippen LogP contribution in [0.5, 0.6) is 0 Å². The molecule has 0 fully saturated rings. The van der Waals surface area contributed by atoms with Crippen LogP contribution in [0.25, 0.3) is 11.4 Å². The van der Waals surface area contributed by atoms with Crippen molar-refractivity contribution in [3.05, 3.63) is 65.0 Å². The lowest BCUT2D eigenvalue weighted by Crippen LogP contribution is -2.31. The Morgan fingerprint density at radius 1 is 1.26 bits per heavy atom. The number of nitrogens with one attached hydrogen (secondary N) is 1. The van der Waals surface area contributed by atoms with Crippen molar-refractivity contribution in [3.8, 4) is 11.4 Å². The van der Waals surface area contributed by atoms with Crippen LogP contribution in [0.1, 0.15) is 24.8 Å². The highest BCUT2D eigenvalue weighted by Crippen LogP contribution is 2.27. The minimum Gasteiger partial charge on any atom is -0.346 e. The highest BCUT2D eigenvalue weighted by Gasteiger charge is 2.19. The monoisotopic (exact) mass is 401 g/mol. The van der Waals surface area contributed by atoms with Gasteiger partial charge in [0.25, 0.3) is 0 Å². The molecule has 1 unspecified atom stereocenters. The SMILES string of the molecule is CCC(Sc1ccc(Cl)cc1)C(=O)NCc1nc(-c2cccc(C)c2)no1. The number of carbonyl (C=O) groups is 1. The van der Waals surface area contributed by atoms with Crippen LogP contribution in [0.4, 0.5) is 0 Å². The molecule has 0 aliphatic rings. The van der Waals surface area contributed by atoms with E-state index in [1.807, 2.05) is 62.4 Å². The van der Waals surface area contributed by atoms with Gasteiger partial charge in [-0.25, -0.2) is 0 Å². The Balaban J connectivity index is 1.58. The molecule has 2 aromatic carbocycles. The number of rotatable bonds is 7. The van der Waals surface area contributed by atoms with Gasteiger partial charge < -0.3 is 9.84 Å². The summed E-state index contributed by atoms with van der Waals surface area (Å²) >= 11 is 7.41. The van der Waals surface area contributed by atoms with Gasteiger partial charge in [0, 0.05) is 15.5 Å². The van der Waals surface area contributed by atoms with Crippen molar-refractivity contribution in [1.29, 1.82) is 0 Å². The topological polar surface area (TPSA) is 68.0 Å². The van der Waals surface area contributed by atoms with Crippen LogP contribution < -0.4 is 5.32 Å². The van der Waals surface area contributed by atoms with Crippen LogP contribution in [0, 0.1) is 6.92 Å². The highest BCUT2D eigenvalue weighted by atomic mass is 35.5. The van der Waals surface area contributed by atoms with Crippen molar-refractivity contribution in [3.63, 3.8) is 0 Å². The molecule has 1 atom stereocenters.